The molecule has 0 saturated carbocycles. The Bertz CT molecular complexity index is 819. The van der Waals surface area contributed by atoms with Gasteiger partial charge in [-0.05, 0) is 24.5 Å². The number of amides is 2. The lowest BCUT2D eigenvalue weighted by Gasteiger charge is -2.19. The molecule has 0 spiro atoms. The van der Waals surface area contributed by atoms with Crippen molar-refractivity contribution in [1.29, 1.82) is 0 Å². The van der Waals surface area contributed by atoms with Crippen LogP contribution in [0.5, 0.6) is 0 Å². The van der Waals surface area contributed by atoms with E-state index in [1.54, 1.807) is 23.2 Å². The Hall–Kier alpha value is -2.57. The van der Waals surface area contributed by atoms with Crippen LogP contribution in [-0.4, -0.2) is 34.0 Å². The Kier molecular flexibility index (Phi) is 6.01. The number of benzene rings is 1. The number of hydrogen-bond acceptors (Lipinski definition) is 3. The van der Waals surface area contributed by atoms with Gasteiger partial charge in [0.1, 0.15) is 6.04 Å². The molecule has 1 unspecified atom stereocenters. The van der Waals surface area contributed by atoms with Crippen LogP contribution in [0.3, 0.4) is 0 Å². The van der Waals surface area contributed by atoms with Crippen molar-refractivity contribution in [2.45, 2.75) is 39.3 Å². The fourth-order valence-corrected chi connectivity index (χ4v) is 2.94. The zero-order valence-electron chi connectivity index (χ0n) is 15.2. The SMILES string of the molecule is CNC(=O)C(CC(C)C)NC(=O)CCn1c(=O)n(C)c2ccccc21. The van der Waals surface area contributed by atoms with Crippen molar-refractivity contribution in [2.24, 2.45) is 13.0 Å². The molecule has 1 atom stereocenters. The summed E-state index contributed by atoms with van der Waals surface area (Å²) in [6.45, 7) is 4.27. The molecule has 0 saturated heterocycles. The van der Waals surface area contributed by atoms with Crippen molar-refractivity contribution in [3.8, 4) is 0 Å². The molecule has 1 aromatic carbocycles. The number of aryl methyl sites for hydroxylation is 2. The zero-order chi connectivity index (χ0) is 18.6. The number of nitrogens with zero attached hydrogens (tertiary/aromatic N) is 2. The molecule has 25 heavy (non-hydrogen) atoms. The molecule has 0 aliphatic heterocycles. The maximum atomic E-state index is 12.4. The van der Waals surface area contributed by atoms with Crippen molar-refractivity contribution in [1.82, 2.24) is 19.8 Å². The Labute approximate surface area is 147 Å². The quantitative estimate of drug-likeness (QED) is 0.784. The van der Waals surface area contributed by atoms with Gasteiger partial charge in [0.15, 0.2) is 0 Å². The summed E-state index contributed by atoms with van der Waals surface area (Å²) in [5.41, 5.74) is 1.47. The average molecular weight is 346 g/mol. The van der Waals surface area contributed by atoms with Gasteiger partial charge in [0.25, 0.3) is 0 Å². The lowest BCUT2D eigenvalue weighted by molar-refractivity contribution is -0.129. The summed E-state index contributed by atoms with van der Waals surface area (Å²) in [6.07, 6.45) is 0.707. The highest BCUT2D eigenvalue weighted by atomic mass is 16.2. The molecule has 0 aliphatic rings. The Morgan fingerprint density at radius 3 is 2.40 bits per heavy atom. The Balaban J connectivity index is 2.08. The van der Waals surface area contributed by atoms with Gasteiger partial charge in [-0.2, -0.15) is 0 Å². The smallest absolute Gasteiger partial charge is 0.328 e. The molecule has 2 aromatic rings. The first-order chi connectivity index (χ1) is 11.8. The normalized spacial score (nSPS) is 12.4. The fraction of sp³-hybridized carbons (Fsp3) is 0.500. The van der Waals surface area contributed by atoms with Gasteiger partial charge in [-0.1, -0.05) is 26.0 Å². The van der Waals surface area contributed by atoms with Crippen LogP contribution in [0, 0.1) is 5.92 Å². The largest absolute Gasteiger partial charge is 0.357 e. The summed E-state index contributed by atoms with van der Waals surface area (Å²) in [7, 11) is 3.27. The lowest BCUT2D eigenvalue weighted by atomic mass is 10.0. The maximum Gasteiger partial charge on any atom is 0.328 e. The number of aromatic nitrogens is 2. The summed E-state index contributed by atoms with van der Waals surface area (Å²) in [5.74, 6) is -0.165. The minimum Gasteiger partial charge on any atom is -0.357 e. The van der Waals surface area contributed by atoms with E-state index >= 15 is 0 Å². The topological polar surface area (TPSA) is 85.1 Å². The molecule has 2 N–H and O–H groups in total. The molecule has 2 amide bonds. The summed E-state index contributed by atoms with van der Waals surface area (Å²) >= 11 is 0. The molecule has 2 rings (SSSR count). The molecular weight excluding hydrogens is 320 g/mol. The van der Waals surface area contributed by atoms with Gasteiger partial charge in [0.2, 0.25) is 11.8 Å². The van der Waals surface area contributed by atoms with Gasteiger partial charge in [0.05, 0.1) is 11.0 Å². The van der Waals surface area contributed by atoms with Crippen molar-refractivity contribution in [2.75, 3.05) is 7.05 Å². The van der Waals surface area contributed by atoms with E-state index in [1.165, 1.54) is 0 Å². The van der Waals surface area contributed by atoms with Crippen molar-refractivity contribution < 1.29 is 9.59 Å². The molecule has 0 radical (unpaired) electrons. The molecule has 1 aromatic heterocycles. The number of para-hydroxylation sites is 2. The van der Waals surface area contributed by atoms with E-state index in [1.807, 2.05) is 38.1 Å². The third kappa shape index (κ3) is 4.29. The number of fused-ring (bicyclic) bond motifs is 1. The summed E-state index contributed by atoms with van der Waals surface area (Å²) in [5, 5.41) is 5.34. The fourth-order valence-electron chi connectivity index (χ4n) is 2.94. The molecule has 0 aliphatic carbocycles. The molecule has 0 fully saturated rings. The van der Waals surface area contributed by atoms with E-state index < -0.39 is 6.04 Å². The minimum atomic E-state index is -0.554. The highest BCUT2D eigenvalue weighted by molar-refractivity contribution is 5.87. The van der Waals surface area contributed by atoms with Crippen LogP contribution in [-0.2, 0) is 23.2 Å². The van der Waals surface area contributed by atoms with E-state index in [2.05, 4.69) is 10.6 Å². The van der Waals surface area contributed by atoms with Crippen LogP contribution in [0.15, 0.2) is 29.1 Å². The third-order valence-electron chi connectivity index (χ3n) is 4.22. The average Bonchev–Trinajstić information content (AvgIpc) is 2.83. The zero-order valence-corrected chi connectivity index (χ0v) is 15.2. The van der Waals surface area contributed by atoms with Crippen LogP contribution in [0.2, 0.25) is 0 Å². The number of carbonyl (C=O) groups excluding carboxylic acids is 2. The predicted octanol–water partition coefficient (Wildman–Crippen LogP) is 1.01. The molecule has 0 bridgehead atoms. The molecular formula is C18H26N4O3. The predicted molar refractivity (Wildman–Crippen MR) is 97.2 cm³/mol. The highest BCUT2D eigenvalue weighted by Crippen LogP contribution is 2.12. The molecule has 7 nitrogen and oxygen atoms in total. The van der Waals surface area contributed by atoms with Crippen LogP contribution in [0.1, 0.15) is 26.7 Å². The number of hydrogen-bond donors (Lipinski definition) is 2. The van der Waals surface area contributed by atoms with E-state index in [9.17, 15) is 14.4 Å². The van der Waals surface area contributed by atoms with Gasteiger partial charge in [0, 0.05) is 27.1 Å². The van der Waals surface area contributed by atoms with Crippen LogP contribution in [0.4, 0.5) is 0 Å². The number of carbonyl (C=O) groups is 2. The number of nitrogens with one attached hydrogen (secondary N) is 2. The number of imidazole rings is 1. The highest BCUT2D eigenvalue weighted by Gasteiger charge is 2.21. The monoisotopic (exact) mass is 346 g/mol. The summed E-state index contributed by atoms with van der Waals surface area (Å²) in [4.78, 5) is 36.5. The Morgan fingerprint density at radius 1 is 1.16 bits per heavy atom. The summed E-state index contributed by atoms with van der Waals surface area (Å²) < 4.78 is 3.16. The second-order valence-corrected chi connectivity index (χ2v) is 6.60. The Morgan fingerprint density at radius 2 is 1.80 bits per heavy atom. The third-order valence-corrected chi connectivity index (χ3v) is 4.22. The standard InChI is InChI=1S/C18H26N4O3/c1-12(2)11-13(17(24)19-3)20-16(23)9-10-22-15-8-6-5-7-14(15)21(4)18(22)25/h5-8,12-13H,9-11H2,1-4H3,(H,19,24)(H,20,23). The summed E-state index contributed by atoms with van der Waals surface area (Å²) in [6, 6.07) is 6.92. The second-order valence-electron chi connectivity index (χ2n) is 6.60. The van der Waals surface area contributed by atoms with E-state index in [4.69, 9.17) is 0 Å². The number of likely N-dealkylation sites (N-methyl/N-ethyl adjacent to an activating group) is 1. The first-order valence-corrected chi connectivity index (χ1v) is 8.50. The van der Waals surface area contributed by atoms with Crippen LogP contribution < -0.4 is 16.3 Å². The number of rotatable bonds is 7. The maximum absolute atomic E-state index is 12.4. The van der Waals surface area contributed by atoms with Gasteiger partial charge in [-0.3, -0.25) is 18.7 Å². The van der Waals surface area contributed by atoms with E-state index in [0.29, 0.717) is 6.42 Å². The van der Waals surface area contributed by atoms with Gasteiger partial charge >= 0.3 is 5.69 Å². The second kappa shape index (κ2) is 8.00. The van der Waals surface area contributed by atoms with E-state index in [-0.39, 0.29) is 36.4 Å². The lowest BCUT2D eigenvalue weighted by Crippen LogP contribution is -2.46. The molecule has 7 heteroatoms. The first kappa shape index (κ1) is 18.8. The molecule has 136 valence electrons. The van der Waals surface area contributed by atoms with Crippen LogP contribution in [0.25, 0.3) is 11.0 Å². The van der Waals surface area contributed by atoms with E-state index in [0.717, 1.165) is 11.0 Å². The van der Waals surface area contributed by atoms with Crippen molar-refractivity contribution in [3.63, 3.8) is 0 Å². The first-order valence-electron chi connectivity index (χ1n) is 8.50. The van der Waals surface area contributed by atoms with Gasteiger partial charge in [-0.15, -0.1) is 0 Å². The van der Waals surface area contributed by atoms with Gasteiger partial charge in [-0.25, -0.2) is 4.79 Å². The van der Waals surface area contributed by atoms with Crippen molar-refractivity contribution >= 4 is 22.8 Å². The van der Waals surface area contributed by atoms with Crippen LogP contribution >= 0.6 is 0 Å². The molecule has 1 heterocycles. The van der Waals surface area contributed by atoms with Crippen molar-refractivity contribution in [3.05, 3.63) is 34.7 Å². The minimum absolute atomic E-state index is 0.138. The van der Waals surface area contributed by atoms with Gasteiger partial charge < -0.3 is 10.6 Å².